The van der Waals surface area contributed by atoms with Crippen LogP contribution in [0.5, 0.6) is 0 Å². The summed E-state index contributed by atoms with van der Waals surface area (Å²) in [4.78, 5) is 18.2. The normalized spacial score (nSPS) is 26.4. The van der Waals surface area contributed by atoms with Gasteiger partial charge in [-0.3, -0.25) is 4.79 Å². The predicted octanol–water partition coefficient (Wildman–Crippen LogP) is 4.53. The Morgan fingerprint density at radius 2 is 1.83 bits per heavy atom. The van der Waals surface area contributed by atoms with Crippen LogP contribution in [0.1, 0.15) is 45.1 Å². The zero-order chi connectivity index (χ0) is 33.7. The molecule has 2 saturated heterocycles. The third-order valence-electron chi connectivity index (χ3n) is 10.0. The number of aromatic nitrogens is 1. The molecule has 2 unspecified atom stereocenters. The van der Waals surface area contributed by atoms with Gasteiger partial charge in [0.05, 0.1) is 40.5 Å². The van der Waals surface area contributed by atoms with Gasteiger partial charge < -0.3 is 25.2 Å². The maximum absolute atomic E-state index is 14.2. The minimum Gasteiger partial charge on any atom is -0.390 e. The molecule has 4 aliphatic rings. The molecule has 2 bridgehead atoms. The molecule has 7 atom stereocenters. The second kappa shape index (κ2) is 13.5. The number of aliphatic hydroxyl groups is 1. The molecule has 1 amide bonds. The number of benzene rings is 2. The molecule has 2 aromatic carbocycles. The fraction of sp³-hybridized carbons (Fsp3) is 0.588. The van der Waals surface area contributed by atoms with Crippen LogP contribution in [0.25, 0.3) is 10.2 Å². The quantitative estimate of drug-likeness (QED) is 0.223. The zero-order valence-corrected chi connectivity index (χ0v) is 28.6. The average molecular weight is 705 g/mol. The summed E-state index contributed by atoms with van der Waals surface area (Å²) in [5.41, 5.74) is 0.929. The van der Waals surface area contributed by atoms with Gasteiger partial charge in [-0.05, 0) is 85.3 Å². The number of nitrogens with zero attached hydrogens (tertiary/aromatic N) is 2. The number of hydrogen-bond donors (Lipinski definition) is 3. The van der Waals surface area contributed by atoms with E-state index in [0.29, 0.717) is 24.8 Å². The lowest BCUT2D eigenvalue weighted by atomic mass is 9.86. The number of carbonyl (C=O) groups excluding carboxylic acids is 1. The maximum Gasteiger partial charge on any atom is 0.243 e. The van der Waals surface area contributed by atoms with Gasteiger partial charge in [0.1, 0.15) is 11.6 Å². The lowest BCUT2D eigenvalue weighted by Crippen LogP contribution is -2.51. The average Bonchev–Trinajstić information content (AvgIpc) is 3.47. The number of carbonyl (C=O) groups is 1. The number of anilines is 1. The third kappa shape index (κ3) is 7.24. The van der Waals surface area contributed by atoms with Gasteiger partial charge in [0.2, 0.25) is 15.9 Å². The predicted molar refractivity (Wildman–Crippen MR) is 177 cm³/mol. The Hall–Kier alpha value is -2.75. The first-order valence-electron chi connectivity index (χ1n) is 16.8. The van der Waals surface area contributed by atoms with Gasteiger partial charge in [-0.25, -0.2) is 22.2 Å². The molecule has 3 aromatic rings. The summed E-state index contributed by atoms with van der Waals surface area (Å²) in [6, 6.07) is 7.26. The molecule has 2 aliphatic heterocycles. The van der Waals surface area contributed by atoms with Gasteiger partial charge in [-0.1, -0.05) is 25.2 Å². The van der Waals surface area contributed by atoms with E-state index in [9.17, 15) is 27.1 Å². The van der Waals surface area contributed by atoms with Crippen LogP contribution in [0, 0.1) is 41.2 Å². The van der Waals surface area contributed by atoms with Gasteiger partial charge in [0, 0.05) is 37.5 Å². The van der Waals surface area contributed by atoms with Gasteiger partial charge >= 0.3 is 0 Å². The van der Waals surface area contributed by atoms with E-state index in [1.807, 2.05) is 13.8 Å². The summed E-state index contributed by atoms with van der Waals surface area (Å²) in [5.74, 6) is -1.22. The van der Waals surface area contributed by atoms with Crippen molar-refractivity contribution in [2.75, 3.05) is 31.6 Å². The number of fused-ring (bicyclic) bond motifs is 2. The van der Waals surface area contributed by atoms with Gasteiger partial charge in [-0.2, -0.15) is 4.31 Å². The molecule has 2 aliphatic carbocycles. The van der Waals surface area contributed by atoms with Gasteiger partial charge in [0.15, 0.2) is 11.4 Å². The van der Waals surface area contributed by atoms with Crippen LogP contribution in [0.3, 0.4) is 0 Å². The van der Waals surface area contributed by atoms with Crippen molar-refractivity contribution in [1.29, 1.82) is 0 Å². The Balaban J connectivity index is 1.11. The van der Waals surface area contributed by atoms with Crippen LogP contribution in [0.2, 0.25) is 0 Å². The molecule has 1 aromatic heterocycles. The summed E-state index contributed by atoms with van der Waals surface area (Å²) in [6.07, 6.45) is 1.59. The number of amides is 1. The second-order valence-corrected chi connectivity index (χ2v) is 17.2. The molecule has 14 heteroatoms. The molecule has 48 heavy (non-hydrogen) atoms. The van der Waals surface area contributed by atoms with E-state index in [0.717, 1.165) is 47.3 Å². The van der Waals surface area contributed by atoms with Crippen molar-refractivity contribution in [3.05, 3.63) is 53.6 Å². The number of rotatable bonds is 14. The molecule has 3 heterocycles. The summed E-state index contributed by atoms with van der Waals surface area (Å²) in [6.45, 7) is 4.59. The molecule has 2 saturated carbocycles. The molecule has 3 N–H and O–H groups in total. The van der Waals surface area contributed by atoms with E-state index in [1.54, 1.807) is 12.1 Å². The Labute approximate surface area is 283 Å². The minimum atomic E-state index is -4.10. The van der Waals surface area contributed by atoms with Crippen LogP contribution < -0.4 is 10.6 Å². The molecule has 7 rings (SSSR count). The maximum atomic E-state index is 14.2. The van der Waals surface area contributed by atoms with Crippen LogP contribution in [-0.4, -0.2) is 79.5 Å². The summed E-state index contributed by atoms with van der Waals surface area (Å²) >= 11 is 1.39. The molecular formula is C34H42F2N4O6S2. The highest BCUT2D eigenvalue weighted by Crippen LogP contribution is 2.52. The van der Waals surface area contributed by atoms with E-state index < -0.39 is 33.8 Å². The van der Waals surface area contributed by atoms with Gasteiger partial charge in [-0.15, -0.1) is 0 Å². The molecule has 10 nitrogen and oxygen atoms in total. The van der Waals surface area contributed by atoms with E-state index >= 15 is 0 Å². The van der Waals surface area contributed by atoms with E-state index in [-0.39, 0.29) is 78.2 Å². The monoisotopic (exact) mass is 704 g/mol. The topological polar surface area (TPSA) is 130 Å². The Kier molecular flexibility index (Phi) is 9.50. The molecule has 260 valence electrons. The highest BCUT2D eigenvalue weighted by atomic mass is 32.2. The Morgan fingerprint density at radius 1 is 1.08 bits per heavy atom. The van der Waals surface area contributed by atoms with Crippen molar-refractivity contribution in [2.45, 2.75) is 75.3 Å². The van der Waals surface area contributed by atoms with Crippen molar-refractivity contribution in [2.24, 2.45) is 29.6 Å². The van der Waals surface area contributed by atoms with Crippen molar-refractivity contribution >= 4 is 42.6 Å². The van der Waals surface area contributed by atoms with Crippen molar-refractivity contribution in [3.8, 4) is 0 Å². The van der Waals surface area contributed by atoms with E-state index in [4.69, 9.17) is 9.47 Å². The van der Waals surface area contributed by atoms with Crippen LogP contribution in [0.4, 0.5) is 13.9 Å². The van der Waals surface area contributed by atoms with Crippen LogP contribution in [-0.2, 0) is 30.7 Å². The summed E-state index contributed by atoms with van der Waals surface area (Å²) < 4.78 is 70.2. The van der Waals surface area contributed by atoms with Gasteiger partial charge in [0.25, 0.3) is 0 Å². The SMILES string of the molecule is CC(C)CN(C[C@@H](O)[C@H](Cc1cc(F)cc(F)c1)NC(=O)C[C@H]1C2CO[C@H]3OC[C@@H]1C3C2)S(=O)(=O)c1ccc2nc(NC3CC3)sc2c1. The van der Waals surface area contributed by atoms with Crippen molar-refractivity contribution in [1.82, 2.24) is 14.6 Å². The fourth-order valence-electron chi connectivity index (χ4n) is 7.59. The standard InChI is InChI=1S/C34H42F2N4O6S2/c1-18(2)14-40(48(43,44)24-5-6-28-31(12-24)47-34(39-28)37-23-3-4-23)15-30(41)29(9-19-7-21(35)11-22(36)8-19)38-32(42)13-25-20-10-26-27(25)17-46-33(26)45-16-20/h5-8,11-12,18,20,23,25-27,29-30,33,41H,3-4,9-10,13-17H2,1-2H3,(H,37,39)(H,38,42)/t20?,25-,26?,27-,29-,30+,33-/m0/s1. The molecule has 0 radical (unpaired) electrons. The zero-order valence-electron chi connectivity index (χ0n) is 27.0. The van der Waals surface area contributed by atoms with E-state index in [1.165, 1.54) is 21.7 Å². The largest absolute Gasteiger partial charge is 0.390 e. The van der Waals surface area contributed by atoms with Crippen LogP contribution >= 0.6 is 11.3 Å². The number of hydrogen-bond acceptors (Lipinski definition) is 9. The number of aliphatic hydroxyl groups excluding tert-OH is 1. The first-order valence-corrected chi connectivity index (χ1v) is 19.0. The fourth-order valence-corrected chi connectivity index (χ4v) is 10.3. The van der Waals surface area contributed by atoms with Crippen molar-refractivity contribution in [3.63, 3.8) is 0 Å². The summed E-state index contributed by atoms with van der Waals surface area (Å²) in [5, 5.41) is 18.7. The number of sulfonamides is 1. The lowest BCUT2D eigenvalue weighted by Gasteiger charge is -2.31. The number of nitrogens with one attached hydrogen (secondary N) is 2. The number of halogens is 2. The molecule has 4 fully saturated rings. The highest BCUT2D eigenvalue weighted by molar-refractivity contribution is 7.89. The smallest absolute Gasteiger partial charge is 0.243 e. The summed E-state index contributed by atoms with van der Waals surface area (Å²) in [7, 11) is -4.10. The lowest BCUT2D eigenvalue weighted by molar-refractivity contribution is -0.165. The molecular weight excluding hydrogens is 663 g/mol. The molecule has 0 spiro atoms. The van der Waals surface area contributed by atoms with Crippen molar-refractivity contribution < 1.29 is 36.6 Å². The number of ether oxygens (including phenoxy) is 2. The first-order chi connectivity index (χ1) is 22.9. The minimum absolute atomic E-state index is 0.0476. The van der Waals surface area contributed by atoms with E-state index in [2.05, 4.69) is 15.6 Å². The van der Waals surface area contributed by atoms with Crippen LogP contribution in [0.15, 0.2) is 41.3 Å². The Morgan fingerprint density at radius 3 is 2.56 bits per heavy atom. The highest BCUT2D eigenvalue weighted by Gasteiger charge is 2.54. The first kappa shape index (κ1) is 33.7. The Bertz CT molecular complexity index is 1750. The second-order valence-electron chi connectivity index (χ2n) is 14.2. The third-order valence-corrected chi connectivity index (χ3v) is 12.8. The number of thiazole rings is 1.